The number of rotatable bonds is 3. The molecular formula is C11H13BrO. The summed E-state index contributed by atoms with van der Waals surface area (Å²) >= 11 is 3.40. The van der Waals surface area contributed by atoms with E-state index < -0.39 is 0 Å². The van der Waals surface area contributed by atoms with Crippen molar-refractivity contribution in [3.63, 3.8) is 0 Å². The SMILES string of the molecule is CC/C(=C/c1cccc(Br)c1)CO. The highest BCUT2D eigenvalue weighted by Gasteiger charge is 1.93. The van der Waals surface area contributed by atoms with Crippen molar-refractivity contribution < 1.29 is 5.11 Å². The van der Waals surface area contributed by atoms with Crippen molar-refractivity contribution in [2.45, 2.75) is 13.3 Å². The molecule has 0 saturated carbocycles. The van der Waals surface area contributed by atoms with E-state index in [1.165, 1.54) is 0 Å². The summed E-state index contributed by atoms with van der Waals surface area (Å²) < 4.78 is 1.06. The zero-order valence-electron chi connectivity index (χ0n) is 7.63. The average Bonchev–Trinajstić information content (AvgIpc) is 2.14. The zero-order chi connectivity index (χ0) is 9.68. The maximum absolute atomic E-state index is 8.98. The van der Waals surface area contributed by atoms with Crippen molar-refractivity contribution in [1.82, 2.24) is 0 Å². The molecule has 0 heterocycles. The van der Waals surface area contributed by atoms with Gasteiger partial charge in [0.1, 0.15) is 0 Å². The Morgan fingerprint density at radius 3 is 2.85 bits per heavy atom. The predicted molar refractivity (Wildman–Crippen MR) is 59.5 cm³/mol. The first-order valence-corrected chi connectivity index (χ1v) is 5.11. The fraction of sp³-hybridized carbons (Fsp3) is 0.273. The van der Waals surface area contributed by atoms with E-state index >= 15 is 0 Å². The Bertz CT molecular complexity index is 299. The van der Waals surface area contributed by atoms with Crippen LogP contribution in [0.4, 0.5) is 0 Å². The number of hydrogen-bond donors (Lipinski definition) is 1. The van der Waals surface area contributed by atoms with Gasteiger partial charge in [0.25, 0.3) is 0 Å². The van der Waals surface area contributed by atoms with Gasteiger partial charge in [-0.2, -0.15) is 0 Å². The molecule has 1 N–H and O–H groups in total. The Labute approximate surface area is 87.2 Å². The molecule has 0 bridgehead atoms. The lowest BCUT2D eigenvalue weighted by atomic mass is 10.1. The number of aliphatic hydroxyl groups excluding tert-OH is 1. The van der Waals surface area contributed by atoms with Gasteiger partial charge in [-0.15, -0.1) is 0 Å². The second-order valence-corrected chi connectivity index (χ2v) is 3.78. The Balaban J connectivity index is 2.89. The van der Waals surface area contributed by atoms with Crippen LogP contribution >= 0.6 is 15.9 Å². The topological polar surface area (TPSA) is 20.2 Å². The standard InChI is InChI=1S/C11H13BrO/c1-2-9(8-13)6-10-4-3-5-11(12)7-10/h3-7,13H,2,8H2,1H3/b9-6-. The van der Waals surface area contributed by atoms with Gasteiger partial charge in [-0.05, 0) is 29.7 Å². The largest absolute Gasteiger partial charge is 0.392 e. The third-order valence-electron chi connectivity index (χ3n) is 1.88. The summed E-state index contributed by atoms with van der Waals surface area (Å²) in [6.07, 6.45) is 2.91. The minimum absolute atomic E-state index is 0.142. The molecule has 1 aromatic rings. The van der Waals surface area contributed by atoms with Crippen LogP contribution in [-0.2, 0) is 0 Å². The molecular weight excluding hydrogens is 228 g/mol. The van der Waals surface area contributed by atoms with Crippen LogP contribution in [0.1, 0.15) is 18.9 Å². The van der Waals surface area contributed by atoms with Crippen LogP contribution in [0.15, 0.2) is 34.3 Å². The van der Waals surface area contributed by atoms with Crippen LogP contribution < -0.4 is 0 Å². The van der Waals surface area contributed by atoms with Gasteiger partial charge in [-0.25, -0.2) is 0 Å². The van der Waals surface area contributed by atoms with Crippen LogP contribution in [0, 0.1) is 0 Å². The molecule has 2 heteroatoms. The highest BCUT2D eigenvalue weighted by Crippen LogP contribution is 2.15. The van der Waals surface area contributed by atoms with Crippen molar-refractivity contribution in [1.29, 1.82) is 0 Å². The predicted octanol–water partition coefficient (Wildman–Crippen LogP) is 3.23. The van der Waals surface area contributed by atoms with E-state index in [0.717, 1.165) is 22.0 Å². The second-order valence-electron chi connectivity index (χ2n) is 2.87. The van der Waals surface area contributed by atoms with Crippen molar-refractivity contribution in [3.05, 3.63) is 39.9 Å². The molecule has 0 radical (unpaired) electrons. The summed E-state index contributed by atoms with van der Waals surface area (Å²) in [5.74, 6) is 0. The van der Waals surface area contributed by atoms with Gasteiger partial charge in [-0.1, -0.05) is 41.1 Å². The molecule has 0 aliphatic carbocycles. The minimum atomic E-state index is 0.142. The van der Waals surface area contributed by atoms with Crippen molar-refractivity contribution in [2.24, 2.45) is 0 Å². The molecule has 1 rings (SSSR count). The molecule has 0 atom stereocenters. The van der Waals surface area contributed by atoms with Gasteiger partial charge < -0.3 is 5.11 Å². The van der Waals surface area contributed by atoms with Crippen LogP contribution in [0.2, 0.25) is 0 Å². The molecule has 70 valence electrons. The number of benzene rings is 1. The average molecular weight is 241 g/mol. The first-order chi connectivity index (χ1) is 6.26. The van der Waals surface area contributed by atoms with E-state index in [-0.39, 0.29) is 6.61 Å². The fourth-order valence-corrected chi connectivity index (χ4v) is 1.51. The first-order valence-electron chi connectivity index (χ1n) is 4.32. The highest BCUT2D eigenvalue weighted by atomic mass is 79.9. The summed E-state index contributed by atoms with van der Waals surface area (Å²) in [4.78, 5) is 0. The Morgan fingerprint density at radius 1 is 1.54 bits per heavy atom. The normalized spacial score (nSPS) is 11.8. The molecule has 0 aliphatic heterocycles. The Morgan fingerprint density at radius 2 is 2.31 bits per heavy atom. The smallest absolute Gasteiger partial charge is 0.0644 e. The Hall–Kier alpha value is -0.600. The van der Waals surface area contributed by atoms with Gasteiger partial charge in [0.2, 0.25) is 0 Å². The third kappa shape index (κ3) is 3.33. The summed E-state index contributed by atoms with van der Waals surface area (Å²) in [5, 5.41) is 8.98. The van der Waals surface area contributed by atoms with Crippen molar-refractivity contribution >= 4 is 22.0 Å². The lowest BCUT2D eigenvalue weighted by molar-refractivity contribution is 0.329. The Kier molecular flexibility index (Phi) is 4.19. The summed E-state index contributed by atoms with van der Waals surface area (Å²) in [5.41, 5.74) is 2.18. The number of aliphatic hydroxyl groups is 1. The third-order valence-corrected chi connectivity index (χ3v) is 2.37. The van der Waals surface area contributed by atoms with Crippen LogP contribution in [-0.4, -0.2) is 11.7 Å². The highest BCUT2D eigenvalue weighted by molar-refractivity contribution is 9.10. The van der Waals surface area contributed by atoms with E-state index in [4.69, 9.17) is 5.11 Å². The molecule has 0 amide bonds. The summed E-state index contributed by atoms with van der Waals surface area (Å²) in [6, 6.07) is 8.03. The summed E-state index contributed by atoms with van der Waals surface area (Å²) in [6.45, 7) is 2.18. The fourth-order valence-electron chi connectivity index (χ4n) is 1.09. The molecule has 0 unspecified atom stereocenters. The number of hydrogen-bond acceptors (Lipinski definition) is 1. The minimum Gasteiger partial charge on any atom is -0.392 e. The van der Waals surface area contributed by atoms with Gasteiger partial charge in [0.05, 0.1) is 6.61 Å². The second kappa shape index (κ2) is 5.20. The van der Waals surface area contributed by atoms with Crippen molar-refractivity contribution in [3.8, 4) is 0 Å². The molecule has 1 nitrogen and oxygen atoms in total. The quantitative estimate of drug-likeness (QED) is 0.861. The number of halogens is 1. The van der Waals surface area contributed by atoms with Crippen LogP contribution in [0.3, 0.4) is 0 Å². The van der Waals surface area contributed by atoms with E-state index in [2.05, 4.69) is 15.9 Å². The van der Waals surface area contributed by atoms with Gasteiger partial charge in [0, 0.05) is 4.47 Å². The van der Waals surface area contributed by atoms with E-state index in [9.17, 15) is 0 Å². The molecule has 0 spiro atoms. The van der Waals surface area contributed by atoms with Crippen LogP contribution in [0.25, 0.3) is 6.08 Å². The van der Waals surface area contributed by atoms with Crippen LogP contribution in [0.5, 0.6) is 0 Å². The molecule has 0 fully saturated rings. The first kappa shape index (κ1) is 10.5. The molecule has 1 aromatic carbocycles. The molecule has 0 aromatic heterocycles. The maximum atomic E-state index is 8.98. The summed E-state index contributed by atoms with van der Waals surface area (Å²) in [7, 11) is 0. The van der Waals surface area contributed by atoms with E-state index in [1.54, 1.807) is 0 Å². The molecule has 0 saturated heterocycles. The lowest BCUT2D eigenvalue weighted by Gasteiger charge is -2.00. The van der Waals surface area contributed by atoms with Gasteiger partial charge in [0.15, 0.2) is 0 Å². The molecule has 13 heavy (non-hydrogen) atoms. The maximum Gasteiger partial charge on any atom is 0.0644 e. The van der Waals surface area contributed by atoms with Crippen molar-refractivity contribution in [2.75, 3.05) is 6.61 Å². The van der Waals surface area contributed by atoms with Gasteiger partial charge >= 0.3 is 0 Å². The monoisotopic (exact) mass is 240 g/mol. The van der Waals surface area contributed by atoms with E-state index in [1.807, 2.05) is 37.3 Å². The lowest BCUT2D eigenvalue weighted by Crippen LogP contribution is -1.87. The van der Waals surface area contributed by atoms with Gasteiger partial charge in [-0.3, -0.25) is 0 Å². The van der Waals surface area contributed by atoms with E-state index in [0.29, 0.717) is 0 Å². The molecule has 0 aliphatic rings. The zero-order valence-corrected chi connectivity index (χ0v) is 9.21.